The van der Waals surface area contributed by atoms with Crippen molar-refractivity contribution in [3.05, 3.63) is 0 Å². The first-order valence-corrected chi connectivity index (χ1v) is 5.93. The van der Waals surface area contributed by atoms with Gasteiger partial charge in [0.1, 0.15) is 0 Å². The molecular formula is C12H22N2. The van der Waals surface area contributed by atoms with Crippen LogP contribution in [-0.4, -0.2) is 12.1 Å². The van der Waals surface area contributed by atoms with Crippen LogP contribution in [0.4, 0.5) is 0 Å². The summed E-state index contributed by atoms with van der Waals surface area (Å²) in [4.78, 5) is 0. The molecule has 2 atom stereocenters. The Labute approximate surface area is 87.7 Å². The second kappa shape index (κ2) is 6.03. The molecule has 1 N–H and O–H groups in total. The van der Waals surface area contributed by atoms with Crippen molar-refractivity contribution in [2.24, 2.45) is 5.92 Å². The van der Waals surface area contributed by atoms with Crippen LogP contribution >= 0.6 is 0 Å². The molecule has 0 aromatic carbocycles. The maximum absolute atomic E-state index is 9.05. The molecule has 2 unspecified atom stereocenters. The van der Waals surface area contributed by atoms with Gasteiger partial charge in [0.25, 0.3) is 0 Å². The highest BCUT2D eigenvalue weighted by Crippen LogP contribution is 2.19. The monoisotopic (exact) mass is 194 g/mol. The zero-order valence-corrected chi connectivity index (χ0v) is 9.42. The van der Waals surface area contributed by atoms with Gasteiger partial charge in [-0.25, -0.2) is 0 Å². The molecule has 0 aromatic rings. The number of hydrogen-bond acceptors (Lipinski definition) is 2. The molecule has 1 rings (SSSR count). The van der Waals surface area contributed by atoms with Crippen LogP contribution < -0.4 is 5.32 Å². The van der Waals surface area contributed by atoms with E-state index in [2.05, 4.69) is 25.2 Å². The van der Waals surface area contributed by atoms with E-state index in [4.69, 9.17) is 5.26 Å². The predicted octanol–water partition coefficient (Wildman–Crippen LogP) is 2.85. The molecular weight excluding hydrogens is 172 g/mol. The fraction of sp³-hybridized carbons (Fsp3) is 0.917. The van der Waals surface area contributed by atoms with Crippen molar-refractivity contribution < 1.29 is 0 Å². The molecule has 0 aromatic heterocycles. The largest absolute Gasteiger partial charge is 0.299 e. The van der Waals surface area contributed by atoms with Crippen molar-refractivity contribution in [3.8, 4) is 6.07 Å². The Bertz CT molecular complexity index is 189. The molecule has 80 valence electrons. The number of hydrogen-bond donors (Lipinski definition) is 1. The molecule has 1 aliphatic carbocycles. The predicted molar refractivity (Wildman–Crippen MR) is 58.9 cm³/mol. The summed E-state index contributed by atoms with van der Waals surface area (Å²) < 4.78 is 0. The molecule has 0 spiro atoms. The fourth-order valence-electron chi connectivity index (χ4n) is 2.09. The highest BCUT2D eigenvalue weighted by Gasteiger charge is 2.20. The van der Waals surface area contributed by atoms with E-state index in [1.54, 1.807) is 0 Å². The maximum atomic E-state index is 9.05. The first-order valence-electron chi connectivity index (χ1n) is 5.93. The average molecular weight is 194 g/mol. The molecule has 14 heavy (non-hydrogen) atoms. The summed E-state index contributed by atoms with van der Waals surface area (Å²) in [5.74, 6) is 0.474. The molecule has 0 amide bonds. The molecule has 0 saturated heterocycles. The van der Waals surface area contributed by atoms with Crippen LogP contribution in [0.15, 0.2) is 0 Å². The van der Waals surface area contributed by atoms with Gasteiger partial charge in [-0.05, 0) is 18.8 Å². The van der Waals surface area contributed by atoms with Gasteiger partial charge in [0.05, 0.1) is 12.1 Å². The van der Waals surface area contributed by atoms with Crippen molar-refractivity contribution in [2.45, 2.75) is 64.5 Å². The second-order valence-electron chi connectivity index (χ2n) is 4.49. The Hall–Kier alpha value is -0.550. The minimum absolute atomic E-state index is 0.0584. The SMILES string of the molecule is CCC(C)C(C#N)NC1CCCCC1. The quantitative estimate of drug-likeness (QED) is 0.747. The summed E-state index contributed by atoms with van der Waals surface area (Å²) in [5, 5.41) is 12.5. The van der Waals surface area contributed by atoms with E-state index in [1.165, 1.54) is 32.1 Å². The molecule has 2 nitrogen and oxygen atoms in total. The van der Waals surface area contributed by atoms with Gasteiger partial charge in [-0.3, -0.25) is 5.32 Å². The lowest BCUT2D eigenvalue weighted by atomic mass is 9.92. The standard InChI is InChI=1S/C12H22N2/c1-3-10(2)12(9-13)14-11-7-5-4-6-8-11/h10-12,14H,3-8H2,1-2H3. The van der Waals surface area contributed by atoms with E-state index in [0.717, 1.165) is 6.42 Å². The molecule has 0 radical (unpaired) electrons. The maximum Gasteiger partial charge on any atom is 0.0980 e. The van der Waals surface area contributed by atoms with Gasteiger partial charge in [0.15, 0.2) is 0 Å². The number of rotatable bonds is 4. The third-order valence-corrected chi connectivity index (χ3v) is 3.37. The highest BCUT2D eigenvalue weighted by molar-refractivity contribution is 4.95. The van der Waals surface area contributed by atoms with Gasteiger partial charge in [0.2, 0.25) is 0 Å². The van der Waals surface area contributed by atoms with Crippen LogP contribution in [0, 0.1) is 17.2 Å². The van der Waals surface area contributed by atoms with Crippen LogP contribution in [0.5, 0.6) is 0 Å². The van der Waals surface area contributed by atoms with Crippen molar-refractivity contribution in [1.82, 2.24) is 5.32 Å². The fourth-order valence-corrected chi connectivity index (χ4v) is 2.09. The van der Waals surface area contributed by atoms with E-state index < -0.39 is 0 Å². The smallest absolute Gasteiger partial charge is 0.0980 e. The van der Waals surface area contributed by atoms with E-state index in [1.807, 2.05) is 0 Å². The Kier molecular flexibility index (Phi) is 4.97. The third kappa shape index (κ3) is 3.31. The van der Waals surface area contributed by atoms with Crippen molar-refractivity contribution >= 4 is 0 Å². The summed E-state index contributed by atoms with van der Waals surface area (Å²) in [6.07, 6.45) is 7.63. The van der Waals surface area contributed by atoms with Gasteiger partial charge < -0.3 is 0 Å². The lowest BCUT2D eigenvalue weighted by Gasteiger charge is -2.27. The minimum Gasteiger partial charge on any atom is -0.299 e. The van der Waals surface area contributed by atoms with Gasteiger partial charge in [-0.15, -0.1) is 0 Å². The number of nitrogens with one attached hydrogen (secondary N) is 1. The molecule has 0 aliphatic heterocycles. The van der Waals surface area contributed by atoms with Crippen LogP contribution in [0.25, 0.3) is 0 Å². The third-order valence-electron chi connectivity index (χ3n) is 3.37. The number of nitrogens with zero attached hydrogens (tertiary/aromatic N) is 1. The molecule has 1 fully saturated rings. The van der Waals surface area contributed by atoms with Crippen molar-refractivity contribution in [3.63, 3.8) is 0 Å². The second-order valence-corrected chi connectivity index (χ2v) is 4.49. The van der Waals surface area contributed by atoms with E-state index in [-0.39, 0.29) is 6.04 Å². The van der Waals surface area contributed by atoms with Crippen LogP contribution in [0.1, 0.15) is 52.4 Å². The molecule has 2 heteroatoms. The normalized spacial score (nSPS) is 22.6. The summed E-state index contributed by atoms with van der Waals surface area (Å²) in [6, 6.07) is 3.05. The molecule has 0 heterocycles. The van der Waals surface area contributed by atoms with Crippen LogP contribution in [0.3, 0.4) is 0 Å². The van der Waals surface area contributed by atoms with Crippen LogP contribution in [0.2, 0.25) is 0 Å². The number of nitriles is 1. The van der Waals surface area contributed by atoms with E-state index >= 15 is 0 Å². The average Bonchev–Trinajstić information content (AvgIpc) is 2.26. The van der Waals surface area contributed by atoms with Crippen molar-refractivity contribution in [1.29, 1.82) is 5.26 Å². The summed E-state index contributed by atoms with van der Waals surface area (Å²) in [7, 11) is 0. The lowest BCUT2D eigenvalue weighted by Crippen LogP contribution is -2.42. The molecule has 1 aliphatic rings. The van der Waals surface area contributed by atoms with Gasteiger partial charge in [-0.2, -0.15) is 5.26 Å². The lowest BCUT2D eigenvalue weighted by molar-refractivity contribution is 0.318. The highest BCUT2D eigenvalue weighted by atomic mass is 15.0. The molecule has 1 saturated carbocycles. The Morgan fingerprint density at radius 3 is 2.50 bits per heavy atom. The zero-order chi connectivity index (χ0) is 10.4. The minimum atomic E-state index is 0.0584. The summed E-state index contributed by atoms with van der Waals surface area (Å²) in [5.41, 5.74) is 0. The van der Waals surface area contributed by atoms with Crippen LogP contribution in [-0.2, 0) is 0 Å². The summed E-state index contributed by atoms with van der Waals surface area (Å²) in [6.45, 7) is 4.31. The van der Waals surface area contributed by atoms with Gasteiger partial charge in [0, 0.05) is 6.04 Å². The van der Waals surface area contributed by atoms with Crippen molar-refractivity contribution in [2.75, 3.05) is 0 Å². The topological polar surface area (TPSA) is 35.8 Å². The van der Waals surface area contributed by atoms with E-state index in [0.29, 0.717) is 12.0 Å². The summed E-state index contributed by atoms with van der Waals surface area (Å²) >= 11 is 0. The molecule has 0 bridgehead atoms. The van der Waals surface area contributed by atoms with Gasteiger partial charge in [-0.1, -0.05) is 39.5 Å². The van der Waals surface area contributed by atoms with E-state index in [9.17, 15) is 0 Å². The Morgan fingerprint density at radius 1 is 1.36 bits per heavy atom. The zero-order valence-electron chi connectivity index (χ0n) is 9.42. The first-order chi connectivity index (χ1) is 6.77. The first kappa shape index (κ1) is 11.5. The Morgan fingerprint density at radius 2 is 2.00 bits per heavy atom. The Balaban J connectivity index is 2.35. The van der Waals surface area contributed by atoms with Gasteiger partial charge >= 0.3 is 0 Å².